The van der Waals surface area contributed by atoms with Crippen molar-refractivity contribution in [1.82, 2.24) is 0 Å². The molecule has 2 aromatic rings. The van der Waals surface area contributed by atoms with Crippen molar-refractivity contribution in [1.29, 1.82) is 0 Å². The van der Waals surface area contributed by atoms with Gasteiger partial charge in [-0.25, -0.2) is 0 Å². The number of benzene rings is 2. The highest BCUT2D eigenvalue weighted by Crippen LogP contribution is 2.28. The Balaban J connectivity index is 2.20. The average molecular weight is 376 g/mol. The van der Waals surface area contributed by atoms with Crippen LogP contribution >= 0.6 is 15.9 Å². The SMILES string of the molecule is CC(C)Oc1ccc(C(=O)Nc2ccccc2C(C)C)cc1Br. The van der Waals surface area contributed by atoms with Gasteiger partial charge in [-0.1, -0.05) is 32.0 Å². The van der Waals surface area contributed by atoms with E-state index in [-0.39, 0.29) is 12.0 Å². The highest BCUT2D eigenvalue weighted by atomic mass is 79.9. The Kier molecular flexibility index (Phi) is 5.83. The Morgan fingerprint density at radius 1 is 1.09 bits per heavy atom. The number of anilines is 1. The predicted molar refractivity (Wildman–Crippen MR) is 98.4 cm³/mol. The maximum Gasteiger partial charge on any atom is 0.255 e. The number of amides is 1. The van der Waals surface area contributed by atoms with Crippen LogP contribution in [0.3, 0.4) is 0 Å². The number of hydrogen-bond acceptors (Lipinski definition) is 2. The van der Waals surface area contributed by atoms with Crippen LogP contribution in [0.1, 0.15) is 49.5 Å². The molecule has 0 atom stereocenters. The van der Waals surface area contributed by atoms with Gasteiger partial charge in [0.05, 0.1) is 10.6 Å². The van der Waals surface area contributed by atoms with E-state index < -0.39 is 0 Å². The van der Waals surface area contributed by atoms with Gasteiger partial charge in [0.1, 0.15) is 5.75 Å². The molecule has 0 fully saturated rings. The van der Waals surface area contributed by atoms with Gasteiger partial charge in [0, 0.05) is 11.3 Å². The zero-order valence-corrected chi connectivity index (χ0v) is 15.5. The molecule has 23 heavy (non-hydrogen) atoms. The van der Waals surface area contributed by atoms with Crippen molar-refractivity contribution in [3.05, 3.63) is 58.1 Å². The number of carbonyl (C=O) groups is 1. The first-order valence-electron chi connectivity index (χ1n) is 7.75. The lowest BCUT2D eigenvalue weighted by Gasteiger charge is -2.15. The topological polar surface area (TPSA) is 38.3 Å². The van der Waals surface area contributed by atoms with Gasteiger partial charge in [-0.3, -0.25) is 4.79 Å². The summed E-state index contributed by atoms with van der Waals surface area (Å²) in [4.78, 5) is 12.5. The van der Waals surface area contributed by atoms with E-state index in [4.69, 9.17) is 4.74 Å². The predicted octanol–water partition coefficient (Wildman–Crippen LogP) is 5.61. The lowest BCUT2D eigenvalue weighted by molar-refractivity contribution is 0.102. The largest absolute Gasteiger partial charge is 0.490 e. The van der Waals surface area contributed by atoms with E-state index >= 15 is 0 Å². The fourth-order valence-corrected chi connectivity index (χ4v) is 2.77. The van der Waals surface area contributed by atoms with E-state index in [2.05, 4.69) is 35.1 Å². The summed E-state index contributed by atoms with van der Waals surface area (Å²) in [5.41, 5.74) is 2.57. The van der Waals surface area contributed by atoms with Gasteiger partial charge >= 0.3 is 0 Å². The first kappa shape index (κ1) is 17.5. The molecule has 1 N–H and O–H groups in total. The van der Waals surface area contributed by atoms with Gasteiger partial charge in [-0.15, -0.1) is 0 Å². The second-order valence-electron chi connectivity index (χ2n) is 6.01. The molecule has 3 nitrogen and oxygen atoms in total. The molecular weight excluding hydrogens is 354 g/mol. The summed E-state index contributed by atoms with van der Waals surface area (Å²) in [6.07, 6.45) is 0.0869. The van der Waals surface area contributed by atoms with Gasteiger partial charge in [0.25, 0.3) is 5.91 Å². The van der Waals surface area contributed by atoms with Gasteiger partial charge in [-0.05, 0) is 65.5 Å². The van der Waals surface area contributed by atoms with E-state index in [0.29, 0.717) is 11.5 Å². The van der Waals surface area contributed by atoms with Crippen molar-refractivity contribution in [2.24, 2.45) is 0 Å². The first-order valence-corrected chi connectivity index (χ1v) is 8.54. The molecule has 0 saturated carbocycles. The Bertz CT molecular complexity index is 696. The third-order valence-electron chi connectivity index (χ3n) is 3.39. The van der Waals surface area contributed by atoms with E-state index in [9.17, 15) is 4.79 Å². The summed E-state index contributed by atoms with van der Waals surface area (Å²) in [5, 5.41) is 3.00. The number of hydrogen-bond donors (Lipinski definition) is 1. The van der Waals surface area contributed by atoms with Crippen molar-refractivity contribution in [2.75, 3.05) is 5.32 Å². The summed E-state index contributed by atoms with van der Waals surface area (Å²) in [7, 11) is 0. The normalized spacial score (nSPS) is 10.9. The molecule has 1 amide bonds. The number of halogens is 1. The second-order valence-corrected chi connectivity index (χ2v) is 6.86. The van der Waals surface area contributed by atoms with E-state index in [1.54, 1.807) is 12.1 Å². The highest BCUT2D eigenvalue weighted by Gasteiger charge is 2.13. The number of ether oxygens (including phenoxy) is 1. The molecule has 0 bridgehead atoms. The zero-order valence-electron chi connectivity index (χ0n) is 13.9. The maximum absolute atomic E-state index is 12.5. The number of carbonyl (C=O) groups excluding carboxylic acids is 1. The smallest absolute Gasteiger partial charge is 0.255 e. The third-order valence-corrected chi connectivity index (χ3v) is 4.01. The fourth-order valence-electron chi connectivity index (χ4n) is 2.30. The van der Waals surface area contributed by atoms with Crippen molar-refractivity contribution in [3.63, 3.8) is 0 Å². The minimum Gasteiger partial charge on any atom is -0.490 e. The van der Waals surface area contributed by atoms with Gasteiger partial charge < -0.3 is 10.1 Å². The van der Waals surface area contributed by atoms with Crippen LogP contribution in [-0.4, -0.2) is 12.0 Å². The lowest BCUT2D eigenvalue weighted by Crippen LogP contribution is -2.14. The standard InChI is InChI=1S/C19H22BrNO2/c1-12(2)15-7-5-6-8-17(15)21-19(22)14-9-10-18(16(20)11-14)23-13(3)4/h5-13H,1-4H3,(H,21,22). The molecule has 0 aliphatic carbocycles. The van der Waals surface area contributed by atoms with Crippen LogP contribution in [0.4, 0.5) is 5.69 Å². The maximum atomic E-state index is 12.5. The Morgan fingerprint density at radius 2 is 1.78 bits per heavy atom. The monoisotopic (exact) mass is 375 g/mol. The molecule has 0 saturated heterocycles. The van der Waals surface area contributed by atoms with Crippen molar-refractivity contribution in [3.8, 4) is 5.75 Å². The summed E-state index contributed by atoms with van der Waals surface area (Å²) in [5.74, 6) is 0.953. The summed E-state index contributed by atoms with van der Waals surface area (Å²) in [6.45, 7) is 8.16. The fraction of sp³-hybridized carbons (Fsp3) is 0.316. The van der Waals surface area contributed by atoms with Crippen LogP contribution < -0.4 is 10.1 Å². The molecular formula is C19H22BrNO2. The summed E-state index contributed by atoms with van der Waals surface area (Å²) in [6, 6.07) is 13.2. The third kappa shape index (κ3) is 4.58. The molecule has 2 rings (SSSR count). The van der Waals surface area contributed by atoms with Gasteiger partial charge in [-0.2, -0.15) is 0 Å². The number of nitrogens with one attached hydrogen (secondary N) is 1. The van der Waals surface area contributed by atoms with E-state index in [0.717, 1.165) is 21.5 Å². The average Bonchev–Trinajstić information content (AvgIpc) is 2.49. The number of rotatable bonds is 5. The minimum absolute atomic E-state index is 0.0869. The molecule has 4 heteroatoms. The van der Waals surface area contributed by atoms with Gasteiger partial charge in [0.2, 0.25) is 0 Å². The second kappa shape index (κ2) is 7.64. The van der Waals surface area contributed by atoms with Gasteiger partial charge in [0.15, 0.2) is 0 Å². The first-order chi connectivity index (χ1) is 10.9. The van der Waals surface area contributed by atoms with E-state index in [1.165, 1.54) is 0 Å². The van der Waals surface area contributed by atoms with Crippen LogP contribution in [0.2, 0.25) is 0 Å². The Hall–Kier alpha value is -1.81. The van der Waals surface area contributed by atoms with Crippen molar-refractivity contribution >= 4 is 27.5 Å². The lowest BCUT2D eigenvalue weighted by atomic mass is 10.0. The van der Waals surface area contributed by atoms with Crippen LogP contribution in [0.25, 0.3) is 0 Å². The molecule has 0 spiro atoms. The molecule has 122 valence electrons. The highest BCUT2D eigenvalue weighted by molar-refractivity contribution is 9.10. The van der Waals surface area contributed by atoms with Crippen molar-refractivity contribution in [2.45, 2.75) is 39.7 Å². The molecule has 0 heterocycles. The quantitative estimate of drug-likeness (QED) is 0.736. The Labute approximate surface area is 146 Å². The van der Waals surface area contributed by atoms with Crippen molar-refractivity contribution < 1.29 is 9.53 Å². The number of para-hydroxylation sites is 1. The summed E-state index contributed by atoms with van der Waals surface area (Å²) >= 11 is 3.46. The molecule has 0 aliphatic rings. The molecule has 0 radical (unpaired) electrons. The summed E-state index contributed by atoms with van der Waals surface area (Å²) < 4.78 is 6.44. The molecule has 0 aliphatic heterocycles. The molecule has 0 aromatic heterocycles. The van der Waals surface area contributed by atoms with Crippen LogP contribution in [-0.2, 0) is 0 Å². The molecule has 0 unspecified atom stereocenters. The molecule has 2 aromatic carbocycles. The Morgan fingerprint density at radius 3 is 2.39 bits per heavy atom. The zero-order chi connectivity index (χ0) is 17.0. The van der Waals surface area contributed by atoms with Crippen LogP contribution in [0, 0.1) is 0 Å². The van der Waals surface area contributed by atoms with E-state index in [1.807, 2.05) is 44.2 Å². The van der Waals surface area contributed by atoms with Crippen LogP contribution in [0.5, 0.6) is 5.75 Å². The minimum atomic E-state index is -0.130. The van der Waals surface area contributed by atoms with Crippen LogP contribution in [0.15, 0.2) is 46.9 Å².